The smallest absolute Gasteiger partial charge is 0.231 e. The third-order valence-electron chi connectivity index (χ3n) is 4.25. The standard InChI is InChI=1S/C19H16N4O3S/c1-2-24-14-6-3-12(4-7-14)18-20-21-19-23(18)22-15(10-27-19)13-5-8-16-17(9-13)26-11-25-16/h3-10,22H,2,11H2,1H3. The van der Waals surface area contributed by atoms with E-state index in [9.17, 15) is 0 Å². The van der Waals surface area contributed by atoms with Gasteiger partial charge in [0, 0.05) is 16.5 Å². The summed E-state index contributed by atoms with van der Waals surface area (Å²) in [5, 5.41) is 11.4. The fraction of sp³-hybridized carbons (Fsp3) is 0.158. The molecular formula is C19H16N4O3S. The maximum atomic E-state index is 5.51. The van der Waals surface area contributed by atoms with Crippen LogP contribution in [0, 0.1) is 0 Å². The van der Waals surface area contributed by atoms with E-state index in [2.05, 4.69) is 15.6 Å². The zero-order chi connectivity index (χ0) is 18.2. The second kappa shape index (κ2) is 6.55. The van der Waals surface area contributed by atoms with Crippen LogP contribution in [0.25, 0.3) is 17.1 Å². The molecule has 0 radical (unpaired) electrons. The van der Waals surface area contributed by atoms with E-state index < -0.39 is 0 Å². The van der Waals surface area contributed by atoms with E-state index in [0.29, 0.717) is 6.61 Å². The lowest BCUT2D eigenvalue weighted by Gasteiger charge is -2.19. The highest BCUT2D eigenvalue weighted by atomic mass is 32.2. The molecule has 2 aliphatic rings. The summed E-state index contributed by atoms with van der Waals surface area (Å²) >= 11 is 1.52. The number of rotatable bonds is 4. The fourth-order valence-corrected chi connectivity index (χ4v) is 3.69. The molecule has 27 heavy (non-hydrogen) atoms. The van der Waals surface area contributed by atoms with Crippen LogP contribution in [-0.4, -0.2) is 28.3 Å². The summed E-state index contributed by atoms with van der Waals surface area (Å²) in [5.41, 5.74) is 6.30. The molecule has 7 nitrogen and oxygen atoms in total. The van der Waals surface area contributed by atoms with Crippen LogP contribution in [0.2, 0.25) is 0 Å². The van der Waals surface area contributed by atoms with Gasteiger partial charge in [0.1, 0.15) is 5.75 Å². The van der Waals surface area contributed by atoms with Gasteiger partial charge in [0.15, 0.2) is 17.3 Å². The molecule has 0 fully saturated rings. The second-order valence-corrected chi connectivity index (χ2v) is 6.76. The Bertz CT molecular complexity index is 1030. The number of nitrogens with one attached hydrogen (secondary N) is 1. The third-order valence-corrected chi connectivity index (χ3v) is 5.08. The molecule has 2 aromatic carbocycles. The summed E-state index contributed by atoms with van der Waals surface area (Å²) < 4.78 is 18.3. The molecule has 0 unspecified atom stereocenters. The average Bonchev–Trinajstić information content (AvgIpc) is 3.34. The van der Waals surface area contributed by atoms with Crippen molar-refractivity contribution in [2.75, 3.05) is 18.8 Å². The van der Waals surface area contributed by atoms with Crippen molar-refractivity contribution in [3.63, 3.8) is 0 Å². The van der Waals surface area contributed by atoms with Crippen LogP contribution in [-0.2, 0) is 0 Å². The second-order valence-electron chi connectivity index (χ2n) is 5.93. The molecule has 3 aromatic rings. The Labute approximate surface area is 159 Å². The van der Waals surface area contributed by atoms with Crippen LogP contribution in [0.3, 0.4) is 0 Å². The molecule has 0 atom stereocenters. The number of benzene rings is 2. The molecule has 1 N–H and O–H groups in total. The van der Waals surface area contributed by atoms with Crippen LogP contribution in [0.5, 0.6) is 17.2 Å². The monoisotopic (exact) mass is 380 g/mol. The topological polar surface area (TPSA) is 70.4 Å². The van der Waals surface area contributed by atoms with Gasteiger partial charge in [0.05, 0.1) is 12.3 Å². The minimum atomic E-state index is 0.261. The zero-order valence-corrected chi connectivity index (χ0v) is 15.3. The van der Waals surface area contributed by atoms with E-state index >= 15 is 0 Å². The molecule has 0 bridgehead atoms. The lowest BCUT2D eigenvalue weighted by Crippen LogP contribution is -2.18. The Morgan fingerprint density at radius 2 is 1.89 bits per heavy atom. The SMILES string of the molecule is CCOc1ccc(-c2nnc3n2NC(c2ccc4c(c2)OCO4)=CS3)cc1. The highest BCUT2D eigenvalue weighted by Crippen LogP contribution is 2.37. The maximum Gasteiger partial charge on any atom is 0.231 e. The third kappa shape index (κ3) is 2.87. The van der Waals surface area contributed by atoms with E-state index in [1.807, 2.05) is 59.5 Å². The number of ether oxygens (including phenoxy) is 3. The molecule has 2 aliphatic heterocycles. The van der Waals surface area contributed by atoms with Crippen LogP contribution in [0.1, 0.15) is 12.5 Å². The molecular weight excluding hydrogens is 364 g/mol. The van der Waals surface area contributed by atoms with Crippen LogP contribution < -0.4 is 19.6 Å². The highest BCUT2D eigenvalue weighted by molar-refractivity contribution is 8.02. The van der Waals surface area contributed by atoms with E-state index in [1.54, 1.807) is 0 Å². The molecule has 0 saturated carbocycles. The first kappa shape index (κ1) is 16.1. The summed E-state index contributed by atoms with van der Waals surface area (Å²) in [4.78, 5) is 0. The van der Waals surface area contributed by atoms with Crippen LogP contribution >= 0.6 is 11.8 Å². The Balaban J connectivity index is 1.44. The summed E-state index contributed by atoms with van der Waals surface area (Å²) in [7, 11) is 0. The van der Waals surface area contributed by atoms with E-state index in [-0.39, 0.29) is 6.79 Å². The van der Waals surface area contributed by atoms with Gasteiger partial charge in [-0.05, 0) is 49.4 Å². The molecule has 0 saturated heterocycles. The summed E-state index contributed by atoms with van der Waals surface area (Å²) in [6.07, 6.45) is 0. The van der Waals surface area contributed by atoms with Crippen molar-refractivity contribution in [2.24, 2.45) is 0 Å². The largest absolute Gasteiger partial charge is 0.494 e. The van der Waals surface area contributed by atoms with Crippen molar-refractivity contribution in [3.05, 3.63) is 53.4 Å². The summed E-state index contributed by atoms with van der Waals surface area (Å²) in [5.74, 6) is 3.10. The number of nitrogens with zero attached hydrogens (tertiary/aromatic N) is 3. The minimum Gasteiger partial charge on any atom is -0.494 e. The first-order valence-electron chi connectivity index (χ1n) is 8.54. The molecule has 1 aromatic heterocycles. The highest BCUT2D eigenvalue weighted by Gasteiger charge is 2.21. The van der Waals surface area contributed by atoms with E-state index in [1.165, 1.54) is 11.8 Å². The summed E-state index contributed by atoms with van der Waals surface area (Å²) in [6.45, 7) is 2.87. The molecule has 136 valence electrons. The van der Waals surface area contributed by atoms with E-state index in [0.717, 1.165) is 45.1 Å². The van der Waals surface area contributed by atoms with Gasteiger partial charge in [-0.1, -0.05) is 11.8 Å². The van der Waals surface area contributed by atoms with Crippen LogP contribution in [0.4, 0.5) is 0 Å². The summed E-state index contributed by atoms with van der Waals surface area (Å²) in [6, 6.07) is 13.7. The van der Waals surface area contributed by atoms with Crippen molar-refractivity contribution in [2.45, 2.75) is 12.1 Å². The number of hydrogen-bond acceptors (Lipinski definition) is 7. The van der Waals surface area contributed by atoms with Gasteiger partial charge in [0.25, 0.3) is 0 Å². The molecule has 0 spiro atoms. The number of hydrogen-bond donors (Lipinski definition) is 1. The zero-order valence-electron chi connectivity index (χ0n) is 14.5. The molecule has 8 heteroatoms. The van der Waals surface area contributed by atoms with Crippen molar-refractivity contribution in [1.29, 1.82) is 0 Å². The first-order valence-corrected chi connectivity index (χ1v) is 9.42. The van der Waals surface area contributed by atoms with Gasteiger partial charge in [-0.15, -0.1) is 10.2 Å². The first-order chi connectivity index (χ1) is 13.3. The van der Waals surface area contributed by atoms with Gasteiger partial charge in [0.2, 0.25) is 11.9 Å². The lowest BCUT2D eigenvalue weighted by molar-refractivity contribution is 0.174. The molecule has 3 heterocycles. The molecule has 5 rings (SSSR count). The van der Waals surface area contributed by atoms with Crippen molar-refractivity contribution in [3.8, 4) is 28.6 Å². The van der Waals surface area contributed by atoms with Gasteiger partial charge in [-0.25, -0.2) is 4.68 Å². The fourth-order valence-electron chi connectivity index (χ4n) is 2.96. The van der Waals surface area contributed by atoms with Gasteiger partial charge in [-0.2, -0.15) is 0 Å². The number of aromatic nitrogens is 3. The molecule has 0 aliphatic carbocycles. The predicted octanol–water partition coefficient (Wildman–Crippen LogP) is 3.72. The molecule has 0 amide bonds. The van der Waals surface area contributed by atoms with Crippen LogP contribution in [0.15, 0.2) is 53.0 Å². The number of fused-ring (bicyclic) bond motifs is 2. The maximum absolute atomic E-state index is 5.51. The van der Waals surface area contributed by atoms with Crippen molar-refractivity contribution >= 4 is 17.5 Å². The van der Waals surface area contributed by atoms with Gasteiger partial charge in [-0.3, -0.25) is 5.43 Å². The predicted molar refractivity (Wildman–Crippen MR) is 102 cm³/mol. The normalized spacial score (nSPS) is 14.3. The Morgan fingerprint density at radius 3 is 2.74 bits per heavy atom. The Hall–Kier alpha value is -3.13. The Morgan fingerprint density at radius 1 is 1.07 bits per heavy atom. The van der Waals surface area contributed by atoms with Crippen molar-refractivity contribution < 1.29 is 14.2 Å². The quantitative estimate of drug-likeness (QED) is 0.740. The lowest BCUT2D eigenvalue weighted by atomic mass is 10.1. The van der Waals surface area contributed by atoms with E-state index in [4.69, 9.17) is 14.2 Å². The van der Waals surface area contributed by atoms with Gasteiger partial charge < -0.3 is 14.2 Å². The minimum absolute atomic E-state index is 0.261. The Kier molecular flexibility index (Phi) is 3.90. The van der Waals surface area contributed by atoms with Crippen molar-refractivity contribution in [1.82, 2.24) is 14.9 Å². The number of thioether (sulfide) groups is 1. The average molecular weight is 380 g/mol. The van der Waals surface area contributed by atoms with Gasteiger partial charge >= 0.3 is 0 Å².